The maximum absolute atomic E-state index is 13.6. The first kappa shape index (κ1) is 63.4. The van der Waals surface area contributed by atoms with E-state index in [0.29, 0.717) is 25.1 Å². The highest BCUT2D eigenvalue weighted by atomic mass is 32.1. The number of ether oxygens (including phenoxy) is 8. The fourth-order valence-electron chi connectivity index (χ4n) is 9.92. The number of allylic oxidation sites excluding steroid dienone is 3. The van der Waals surface area contributed by atoms with Crippen molar-refractivity contribution in [2.24, 2.45) is 23.7 Å². The molecule has 5 heterocycles. The third-order valence-corrected chi connectivity index (χ3v) is 15.3. The number of methoxy groups -OCH3 is 2. The smallest absolute Gasteiger partial charge is 0.308 e. The summed E-state index contributed by atoms with van der Waals surface area (Å²) in [5, 5.41) is 58.6. The van der Waals surface area contributed by atoms with E-state index in [1.54, 1.807) is 45.7 Å². The van der Waals surface area contributed by atoms with Crippen LogP contribution in [0.5, 0.6) is 5.75 Å². The summed E-state index contributed by atoms with van der Waals surface area (Å²) in [6.07, 6.45) is -1.55. The number of aliphatic hydroxyl groups is 4. The number of ketones is 1. The minimum Gasteiger partial charge on any atom is -0.494 e. The van der Waals surface area contributed by atoms with Crippen LogP contribution in [-0.2, 0) is 60.5 Å². The predicted molar refractivity (Wildman–Crippen MR) is 285 cm³/mol. The summed E-state index contributed by atoms with van der Waals surface area (Å²) < 4.78 is 53.2. The topological polar surface area (TPSA) is 266 Å². The number of hydrogen-bond acceptors (Lipinski definition) is 21. The summed E-state index contributed by atoms with van der Waals surface area (Å²) in [7, 11) is 4.71. The van der Waals surface area contributed by atoms with Crippen LogP contribution in [0.4, 0.5) is 0 Å². The number of hydrogen-bond donors (Lipinski definition) is 4. The highest BCUT2D eigenvalue weighted by Crippen LogP contribution is 2.35. The molecule has 0 radical (unpaired) electrons. The molecule has 3 aliphatic rings. The molecular weight excluding hydrogens is 1020 g/mol. The molecule has 2 aromatic heterocycles. The maximum Gasteiger partial charge on any atom is 0.308 e. The Hall–Kier alpha value is -4.43. The lowest BCUT2D eigenvalue weighted by Crippen LogP contribution is -2.63. The number of aldehydes is 1. The van der Waals surface area contributed by atoms with E-state index < -0.39 is 116 Å². The van der Waals surface area contributed by atoms with Crippen molar-refractivity contribution in [2.75, 3.05) is 41.0 Å². The average molecular weight is 1100 g/mol. The molecule has 17 atom stereocenters. The van der Waals surface area contributed by atoms with E-state index in [-0.39, 0.29) is 25.2 Å². The van der Waals surface area contributed by atoms with Crippen LogP contribution >= 0.6 is 11.5 Å². The van der Waals surface area contributed by atoms with Crippen LogP contribution in [0, 0.1) is 23.7 Å². The molecule has 3 aliphatic heterocycles. The van der Waals surface area contributed by atoms with Gasteiger partial charge in [-0.3, -0.25) is 19.2 Å². The number of carbonyl (C=O) groups is 3. The molecule has 0 amide bonds. The van der Waals surface area contributed by atoms with E-state index in [1.807, 2.05) is 67.4 Å². The molecule has 1 aromatic carbocycles. The van der Waals surface area contributed by atoms with Gasteiger partial charge in [-0.2, -0.15) is 0 Å². The summed E-state index contributed by atoms with van der Waals surface area (Å²) in [6.45, 7) is 16.4. The van der Waals surface area contributed by atoms with Crippen molar-refractivity contribution in [1.82, 2.24) is 29.5 Å². The summed E-state index contributed by atoms with van der Waals surface area (Å²) in [6, 6.07) is 7.18. The van der Waals surface area contributed by atoms with E-state index in [0.717, 1.165) is 48.4 Å². The minimum atomic E-state index is -1.32. The number of aryl methyl sites for hydroxylation is 2. The van der Waals surface area contributed by atoms with Crippen LogP contribution in [0.15, 0.2) is 59.6 Å². The monoisotopic (exact) mass is 1100 g/mol. The Balaban J connectivity index is 0.000000409. The zero-order chi connectivity index (χ0) is 56.3. The van der Waals surface area contributed by atoms with Gasteiger partial charge in [-0.05, 0) is 101 Å². The van der Waals surface area contributed by atoms with Gasteiger partial charge < -0.3 is 63.1 Å². The number of cyclic esters (lactones) is 1. The molecule has 0 spiro atoms. The van der Waals surface area contributed by atoms with Crippen LogP contribution in [0.2, 0.25) is 0 Å². The van der Waals surface area contributed by atoms with Gasteiger partial charge in [0, 0.05) is 68.5 Å². The molecule has 0 saturated carbocycles. The molecule has 2 saturated heterocycles. The van der Waals surface area contributed by atoms with E-state index in [2.05, 4.69) is 26.8 Å². The Morgan fingerprint density at radius 3 is 2.22 bits per heavy atom. The molecule has 3 aromatic rings. The number of esters is 1. The lowest BCUT2D eigenvalue weighted by atomic mass is 9.79. The normalized spacial score (nSPS) is 33.8. The third-order valence-electron chi connectivity index (χ3n) is 14.8. The van der Waals surface area contributed by atoms with Crippen LogP contribution in [-0.4, -0.2) is 189 Å². The quantitative estimate of drug-likeness (QED) is 0.0715. The van der Waals surface area contributed by atoms with Gasteiger partial charge in [-0.25, -0.2) is 0 Å². The number of aromatic nitrogens is 5. The van der Waals surface area contributed by atoms with Gasteiger partial charge in [0.25, 0.3) is 0 Å². The van der Waals surface area contributed by atoms with Crippen molar-refractivity contribution in [2.45, 2.75) is 180 Å². The zero-order valence-electron chi connectivity index (χ0n) is 46.5. The molecular formula is C55H84N6O15S. The Morgan fingerprint density at radius 1 is 0.896 bits per heavy atom. The van der Waals surface area contributed by atoms with Gasteiger partial charge in [0.15, 0.2) is 18.4 Å². The Labute approximate surface area is 457 Å². The number of nitrogens with zero attached hydrogens (tertiary/aromatic N) is 6. The maximum atomic E-state index is 13.6. The molecule has 2 fully saturated rings. The lowest BCUT2D eigenvalue weighted by Gasteiger charge is -2.47. The largest absolute Gasteiger partial charge is 0.494 e. The summed E-state index contributed by atoms with van der Waals surface area (Å²) >= 11 is 1.35. The number of aliphatic hydroxyl groups excluding tert-OH is 4. The fourth-order valence-corrected chi connectivity index (χ4v) is 10.4. The van der Waals surface area contributed by atoms with Crippen molar-refractivity contribution >= 4 is 29.6 Å². The molecule has 0 bridgehead atoms. The zero-order valence-corrected chi connectivity index (χ0v) is 47.3. The average Bonchev–Trinajstić information content (AvgIpc) is 4.14. The van der Waals surface area contributed by atoms with Gasteiger partial charge >= 0.3 is 5.97 Å². The van der Waals surface area contributed by atoms with Crippen molar-refractivity contribution in [3.05, 3.63) is 65.3 Å². The van der Waals surface area contributed by atoms with Crippen molar-refractivity contribution in [1.29, 1.82) is 0 Å². The minimum absolute atomic E-state index is 0.0123. The van der Waals surface area contributed by atoms with Gasteiger partial charge in [0.1, 0.15) is 48.2 Å². The van der Waals surface area contributed by atoms with Crippen molar-refractivity contribution in [3.8, 4) is 17.0 Å². The third kappa shape index (κ3) is 17.8. The first-order chi connectivity index (χ1) is 36.9. The Kier molecular flexibility index (Phi) is 25.8. The van der Waals surface area contributed by atoms with Gasteiger partial charge in [0.2, 0.25) is 0 Å². The summed E-state index contributed by atoms with van der Waals surface area (Å²) in [5.41, 5.74) is 3.67. The Bertz CT molecular complexity index is 2290. The van der Waals surface area contributed by atoms with E-state index in [9.17, 15) is 34.8 Å². The molecule has 6 rings (SSSR count). The molecule has 22 heteroatoms. The van der Waals surface area contributed by atoms with Gasteiger partial charge in [-0.1, -0.05) is 62.0 Å². The van der Waals surface area contributed by atoms with Crippen molar-refractivity contribution in [3.63, 3.8) is 0 Å². The highest BCUT2D eigenvalue weighted by Gasteiger charge is 2.48. The number of rotatable bonds is 19. The first-order valence-corrected chi connectivity index (χ1v) is 27.7. The lowest BCUT2D eigenvalue weighted by molar-refractivity contribution is -0.305. The molecule has 21 nitrogen and oxygen atoms in total. The summed E-state index contributed by atoms with van der Waals surface area (Å²) in [4.78, 5) is 41.0. The predicted octanol–water partition coefficient (Wildman–Crippen LogP) is 4.78. The van der Waals surface area contributed by atoms with Crippen LogP contribution in [0.25, 0.3) is 11.3 Å². The van der Waals surface area contributed by atoms with E-state index >= 15 is 0 Å². The van der Waals surface area contributed by atoms with Crippen LogP contribution in [0.3, 0.4) is 0 Å². The second-order valence-electron chi connectivity index (χ2n) is 20.3. The SMILES string of the molecule is CC[C@H]1OC(=O)C[C@@H](O)[C@H](C)[C@@H](OC2OC(C)C(O)C(N(C)CC)C2O)[C@@H](CC=O)C[C@@H](C)C(=O)/C=C/C(C)=C/[C@@H]1COC1OC(C)C(O)C(OC)C1OC.CCc1cn(CCCOc2ccc(-c3csnn3)cc2)nn1. The Morgan fingerprint density at radius 2 is 1.60 bits per heavy atom. The number of benzene rings is 1. The number of likely N-dealkylation sites (N-methyl/N-ethyl adjacent to an activating group) is 1. The molecule has 10 unspecified atom stereocenters. The van der Waals surface area contributed by atoms with E-state index in [1.165, 1.54) is 31.8 Å². The number of carbonyl (C=O) groups excluding carboxylic acids is 3. The standard InChI is InChI=1S/C40H67NO14.C15H17N5OS/c1-11-30-27(20-51-40-38(50-10)37(49-9)34(47)25(7)53-40)17-21(3)13-14-28(43)22(4)18-26(15-16-42)36(23(5)29(44)19-31(45)54-30)55-39-35(48)32(41(8)12-2)33(46)24(6)52-39;1-2-13-10-20(18-16-13)8-3-9-21-14-6-4-12(5-7-14)15-11-22-19-17-15/h13-14,16-17,22-27,29-30,32-40,44,46-48H,11-12,15,18-20H2,1-10H3;4-7,10-11H,2-3,8-9H2,1H3/b14-13+,21-17+;/t22-,23+,24?,25?,26+,27-,29-,30-,32?,33?,34?,35?,36-,37?,38?,39?,40?;/m1./s1. The van der Waals surface area contributed by atoms with Gasteiger partial charge in [-0.15, -0.1) is 10.2 Å². The molecule has 430 valence electrons. The summed E-state index contributed by atoms with van der Waals surface area (Å²) in [5.74, 6) is -2.51. The molecule has 4 N–H and O–H groups in total. The second-order valence-corrected chi connectivity index (χ2v) is 20.9. The second kappa shape index (κ2) is 31.4. The molecule has 0 aliphatic carbocycles. The van der Waals surface area contributed by atoms with E-state index in [4.69, 9.17) is 37.9 Å². The fraction of sp³-hybridized carbons (Fsp3) is 0.691. The first-order valence-electron chi connectivity index (χ1n) is 26.9. The molecule has 77 heavy (non-hydrogen) atoms. The highest BCUT2D eigenvalue weighted by molar-refractivity contribution is 7.03. The van der Waals surface area contributed by atoms with Crippen LogP contribution < -0.4 is 4.74 Å². The van der Waals surface area contributed by atoms with Gasteiger partial charge in [0.05, 0.1) is 61.9 Å². The van der Waals surface area contributed by atoms with Crippen LogP contribution in [0.1, 0.15) is 93.2 Å². The van der Waals surface area contributed by atoms with Crippen molar-refractivity contribution < 1.29 is 72.7 Å².